The maximum Gasteiger partial charge on any atom is 0.311 e. The molecule has 1 atom stereocenters. The van der Waals surface area contributed by atoms with Crippen molar-refractivity contribution in [2.75, 3.05) is 13.7 Å². The molecule has 1 aromatic carbocycles. The van der Waals surface area contributed by atoms with Crippen LogP contribution in [0.25, 0.3) is 5.78 Å². The molecule has 11 heteroatoms. The summed E-state index contributed by atoms with van der Waals surface area (Å²) in [6.07, 6.45) is 5.01. The normalized spacial score (nSPS) is 17.4. The molecule has 2 aromatic heterocycles. The van der Waals surface area contributed by atoms with Gasteiger partial charge < -0.3 is 15.4 Å². The molecular weight excluding hydrogens is 467 g/mol. The van der Waals surface area contributed by atoms with E-state index in [1.54, 1.807) is 19.1 Å². The Hall–Kier alpha value is -4.15. The highest BCUT2D eigenvalue weighted by atomic mass is 19.1. The Morgan fingerprint density at radius 1 is 1.17 bits per heavy atom. The number of fused-ring (bicyclic) bond motifs is 1. The van der Waals surface area contributed by atoms with Gasteiger partial charge in [-0.15, -0.1) is 0 Å². The van der Waals surface area contributed by atoms with E-state index in [1.807, 2.05) is 13.0 Å². The number of hydrogen-bond acceptors (Lipinski definition) is 7. The van der Waals surface area contributed by atoms with E-state index in [1.165, 1.54) is 30.1 Å². The quantitative estimate of drug-likeness (QED) is 0.382. The summed E-state index contributed by atoms with van der Waals surface area (Å²) in [6.45, 7) is 3.97. The van der Waals surface area contributed by atoms with Crippen LogP contribution in [0.15, 0.2) is 42.2 Å². The van der Waals surface area contributed by atoms with Crippen LogP contribution in [0.4, 0.5) is 4.39 Å². The van der Waals surface area contributed by atoms with Gasteiger partial charge in [0, 0.05) is 19.2 Å². The number of amides is 2. The summed E-state index contributed by atoms with van der Waals surface area (Å²) < 4.78 is 19.6. The highest BCUT2D eigenvalue weighted by molar-refractivity contribution is 5.98. The fraction of sp³-hybridized carbons (Fsp3) is 0.360. The number of hydrogen-bond donors (Lipinski definition) is 2. The van der Waals surface area contributed by atoms with Crippen molar-refractivity contribution >= 4 is 23.6 Å². The largest absolute Gasteiger partial charge is 0.469 e. The topological polar surface area (TPSA) is 128 Å². The van der Waals surface area contributed by atoms with E-state index in [4.69, 9.17) is 4.74 Å². The van der Waals surface area contributed by atoms with E-state index in [2.05, 4.69) is 25.7 Å². The fourth-order valence-electron chi connectivity index (χ4n) is 4.07. The Bertz CT molecular complexity index is 1370. The lowest BCUT2D eigenvalue weighted by Gasteiger charge is -2.30. The molecule has 0 fully saturated rings. The average Bonchev–Trinajstić information content (AvgIpc) is 3.36. The Balaban J connectivity index is 1.45. The van der Waals surface area contributed by atoms with Crippen LogP contribution in [0.3, 0.4) is 0 Å². The van der Waals surface area contributed by atoms with Crippen LogP contribution in [0.2, 0.25) is 0 Å². The maximum absolute atomic E-state index is 13.5. The van der Waals surface area contributed by atoms with Crippen LogP contribution in [0.1, 0.15) is 58.3 Å². The zero-order valence-electron chi connectivity index (χ0n) is 20.3. The van der Waals surface area contributed by atoms with Crippen molar-refractivity contribution in [3.05, 3.63) is 70.6 Å². The van der Waals surface area contributed by atoms with E-state index in [0.29, 0.717) is 31.4 Å². The van der Waals surface area contributed by atoms with Crippen LogP contribution in [-0.2, 0) is 16.1 Å². The molecule has 0 saturated heterocycles. The lowest BCUT2D eigenvalue weighted by Crippen LogP contribution is -2.33. The molecule has 2 N–H and O–H groups in total. The number of carbonyl (C=O) groups excluding carboxylic acids is 3. The second-order valence-electron chi connectivity index (χ2n) is 9.07. The first-order valence-electron chi connectivity index (χ1n) is 11.5. The predicted octanol–water partition coefficient (Wildman–Crippen LogP) is 2.52. The van der Waals surface area contributed by atoms with Crippen LogP contribution in [-0.4, -0.2) is 51.0 Å². The molecule has 10 nitrogen and oxygen atoms in total. The second-order valence-corrected chi connectivity index (χ2v) is 9.07. The summed E-state index contributed by atoms with van der Waals surface area (Å²) in [5.74, 6) is -1.41. The molecule has 3 aromatic rings. The molecule has 0 radical (unpaired) electrons. The SMILES string of the molecule is COC(=O)C1(C)CC=C(CNC(=O)c2cc(C(=O)NCc3ccc(F)c(C)c3)nc3ncnn23)CC1. The standard InChI is InChI=1S/C25H27FN6O4/c1-15-10-17(4-5-18(15)26)13-27-21(33)19-11-20(32-24(31-19)29-14-30-32)22(34)28-12-16-6-8-25(2,9-7-16)23(35)36-3/h4-6,10-11,14H,7-9,12-13H2,1-3H3,(H,27,33)(H,28,34). The lowest BCUT2D eigenvalue weighted by atomic mass is 9.76. The molecule has 2 amide bonds. The number of rotatable bonds is 7. The van der Waals surface area contributed by atoms with Crippen molar-refractivity contribution in [1.82, 2.24) is 30.2 Å². The lowest BCUT2D eigenvalue weighted by molar-refractivity contribution is -0.152. The van der Waals surface area contributed by atoms with Gasteiger partial charge in [-0.3, -0.25) is 14.4 Å². The number of benzene rings is 1. The molecule has 2 heterocycles. The highest BCUT2D eigenvalue weighted by Crippen LogP contribution is 2.35. The van der Waals surface area contributed by atoms with E-state index in [-0.39, 0.29) is 35.5 Å². The summed E-state index contributed by atoms with van der Waals surface area (Å²) in [5, 5.41) is 9.62. The number of halogens is 1. The Morgan fingerprint density at radius 2 is 1.94 bits per heavy atom. The van der Waals surface area contributed by atoms with Crippen molar-refractivity contribution in [3.63, 3.8) is 0 Å². The molecule has 0 spiro atoms. The number of aromatic nitrogens is 4. The van der Waals surface area contributed by atoms with Gasteiger partial charge in [0.15, 0.2) is 0 Å². The average molecular weight is 495 g/mol. The number of carbonyl (C=O) groups is 3. The van der Waals surface area contributed by atoms with Gasteiger partial charge in [-0.1, -0.05) is 23.8 Å². The smallest absolute Gasteiger partial charge is 0.311 e. The van der Waals surface area contributed by atoms with E-state index in [0.717, 1.165) is 11.1 Å². The van der Waals surface area contributed by atoms with Crippen molar-refractivity contribution in [2.24, 2.45) is 5.41 Å². The second kappa shape index (κ2) is 10.2. The Morgan fingerprint density at radius 3 is 2.64 bits per heavy atom. The number of ether oxygens (including phenoxy) is 1. The fourth-order valence-corrected chi connectivity index (χ4v) is 4.07. The maximum atomic E-state index is 13.5. The third-order valence-corrected chi connectivity index (χ3v) is 6.39. The van der Waals surface area contributed by atoms with Gasteiger partial charge >= 0.3 is 5.97 Å². The summed E-state index contributed by atoms with van der Waals surface area (Å²) in [4.78, 5) is 46.0. The molecule has 1 unspecified atom stereocenters. The number of aryl methyl sites for hydroxylation is 1. The van der Waals surface area contributed by atoms with E-state index < -0.39 is 17.2 Å². The number of esters is 1. The number of nitrogens with zero attached hydrogens (tertiary/aromatic N) is 4. The molecule has 188 valence electrons. The zero-order valence-corrected chi connectivity index (χ0v) is 20.3. The summed E-state index contributed by atoms with van der Waals surface area (Å²) in [5.41, 5.74) is 1.76. The van der Waals surface area contributed by atoms with Gasteiger partial charge in [-0.2, -0.15) is 14.6 Å². The van der Waals surface area contributed by atoms with Gasteiger partial charge in [0.25, 0.3) is 17.6 Å². The van der Waals surface area contributed by atoms with Gasteiger partial charge in [0.2, 0.25) is 0 Å². The van der Waals surface area contributed by atoms with Gasteiger partial charge in [-0.05, 0) is 50.3 Å². The molecule has 1 aliphatic carbocycles. The van der Waals surface area contributed by atoms with E-state index in [9.17, 15) is 18.8 Å². The predicted molar refractivity (Wildman–Crippen MR) is 127 cm³/mol. The van der Waals surface area contributed by atoms with Crippen LogP contribution in [0.5, 0.6) is 0 Å². The number of nitrogens with one attached hydrogen (secondary N) is 2. The minimum Gasteiger partial charge on any atom is -0.469 e. The molecule has 0 bridgehead atoms. The monoisotopic (exact) mass is 494 g/mol. The van der Waals surface area contributed by atoms with Crippen molar-refractivity contribution in [1.29, 1.82) is 0 Å². The van der Waals surface area contributed by atoms with Crippen molar-refractivity contribution in [3.8, 4) is 0 Å². The van der Waals surface area contributed by atoms with Gasteiger partial charge in [-0.25, -0.2) is 9.37 Å². The van der Waals surface area contributed by atoms with Gasteiger partial charge in [0.05, 0.1) is 12.5 Å². The third kappa shape index (κ3) is 5.24. The molecule has 1 aliphatic rings. The van der Waals surface area contributed by atoms with E-state index >= 15 is 0 Å². The minimum atomic E-state index is -0.560. The first-order chi connectivity index (χ1) is 17.2. The summed E-state index contributed by atoms with van der Waals surface area (Å²) in [6, 6.07) is 5.94. The van der Waals surface area contributed by atoms with Gasteiger partial charge in [0.1, 0.15) is 23.5 Å². The molecule has 0 saturated carbocycles. The highest BCUT2D eigenvalue weighted by Gasteiger charge is 2.35. The summed E-state index contributed by atoms with van der Waals surface area (Å²) >= 11 is 0. The molecule has 4 rings (SSSR count). The van der Waals surface area contributed by atoms with Crippen LogP contribution >= 0.6 is 0 Å². The number of allylic oxidation sites excluding steroid dienone is 1. The first kappa shape index (κ1) is 25.0. The van der Waals surface area contributed by atoms with Crippen LogP contribution in [0, 0.1) is 18.2 Å². The van der Waals surface area contributed by atoms with Crippen LogP contribution < -0.4 is 10.6 Å². The minimum absolute atomic E-state index is 0.00482. The first-order valence-corrected chi connectivity index (χ1v) is 11.5. The summed E-state index contributed by atoms with van der Waals surface area (Å²) in [7, 11) is 1.38. The molecular formula is C25H27FN6O4. The van der Waals surface area contributed by atoms with Crippen molar-refractivity contribution < 1.29 is 23.5 Å². The number of methoxy groups -OCH3 is 1. The Labute approximate surface area is 207 Å². The Kier molecular flexibility index (Phi) is 7.09. The molecule has 0 aliphatic heterocycles. The third-order valence-electron chi connectivity index (χ3n) is 6.39. The zero-order chi connectivity index (χ0) is 25.9. The molecule has 36 heavy (non-hydrogen) atoms. The van der Waals surface area contributed by atoms with Crippen molar-refractivity contribution in [2.45, 2.75) is 39.7 Å².